The van der Waals surface area contributed by atoms with Crippen molar-refractivity contribution in [3.63, 3.8) is 0 Å². The number of benzene rings is 2. The second kappa shape index (κ2) is 12.0. The maximum Gasteiger partial charge on any atom is 0.312 e. The van der Waals surface area contributed by atoms with Gasteiger partial charge >= 0.3 is 12.0 Å². The first-order valence-corrected chi connectivity index (χ1v) is 12.4. The molecule has 11 nitrogen and oxygen atoms in total. The molecule has 1 aliphatic rings. The van der Waals surface area contributed by atoms with Gasteiger partial charge in [-0.25, -0.2) is 13.2 Å². The van der Waals surface area contributed by atoms with Crippen LogP contribution >= 0.6 is 11.6 Å². The zero-order valence-corrected chi connectivity index (χ0v) is 20.2. The molecule has 2 aromatic rings. The Labute approximate surface area is 207 Å². The van der Waals surface area contributed by atoms with Crippen molar-refractivity contribution in [1.82, 2.24) is 9.62 Å². The summed E-state index contributed by atoms with van der Waals surface area (Å²) in [6, 6.07) is 10.5. The van der Waals surface area contributed by atoms with Gasteiger partial charge in [0.25, 0.3) is 5.91 Å². The third-order valence-corrected chi connectivity index (χ3v) is 7.23. The Morgan fingerprint density at radius 2 is 1.69 bits per heavy atom. The molecule has 0 unspecified atom stereocenters. The molecule has 13 heteroatoms. The van der Waals surface area contributed by atoms with Gasteiger partial charge in [0, 0.05) is 23.8 Å². The number of anilines is 1. The number of primary amides is 1. The summed E-state index contributed by atoms with van der Waals surface area (Å²) < 4.78 is 36.8. The smallest absolute Gasteiger partial charge is 0.312 e. The highest BCUT2D eigenvalue weighted by molar-refractivity contribution is 7.89. The molecular weight excluding hydrogens is 500 g/mol. The van der Waals surface area contributed by atoms with Gasteiger partial charge in [-0.3, -0.25) is 9.59 Å². The monoisotopic (exact) mass is 524 g/mol. The number of sulfonamides is 1. The molecular formula is C22H25ClN4O7S. The molecule has 1 fully saturated rings. The van der Waals surface area contributed by atoms with Crippen molar-refractivity contribution in [3.8, 4) is 0 Å². The van der Waals surface area contributed by atoms with Crippen LogP contribution in [0.15, 0.2) is 53.4 Å². The van der Waals surface area contributed by atoms with Crippen molar-refractivity contribution in [2.24, 2.45) is 5.73 Å². The Morgan fingerprint density at radius 1 is 1.06 bits per heavy atom. The number of rotatable bonds is 9. The summed E-state index contributed by atoms with van der Waals surface area (Å²) in [5, 5.41) is 5.46. The highest BCUT2D eigenvalue weighted by Crippen LogP contribution is 2.21. The Hall–Kier alpha value is -3.19. The molecule has 1 heterocycles. The van der Waals surface area contributed by atoms with Crippen LogP contribution in [0.2, 0.25) is 5.02 Å². The van der Waals surface area contributed by atoms with E-state index in [1.165, 1.54) is 28.6 Å². The van der Waals surface area contributed by atoms with E-state index in [1.807, 2.05) is 0 Å². The number of carbonyl (C=O) groups excluding carboxylic acids is 3. The lowest BCUT2D eigenvalue weighted by Gasteiger charge is -2.26. The lowest BCUT2D eigenvalue weighted by Crippen LogP contribution is -2.40. The van der Waals surface area contributed by atoms with Crippen molar-refractivity contribution in [2.45, 2.75) is 17.4 Å². The van der Waals surface area contributed by atoms with Crippen LogP contribution in [-0.4, -0.2) is 63.5 Å². The number of hydrogen-bond donors (Lipinski definition) is 3. The lowest BCUT2D eigenvalue weighted by atomic mass is 10.0. The number of amides is 3. The summed E-state index contributed by atoms with van der Waals surface area (Å²) in [5.74, 6) is -1.35. The van der Waals surface area contributed by atoms with Gasteiger partial charge in [0.05, 0.1) is 30.6 Å². The first-order valence-electron chi connectivity index (χ1n) is 10.6. The number of carbonyl (C=O) groups is 3. The molecule has 1 atom stereocenters. The van der Waals surface area contributed by atoms with Crippen LogP contribution in [0.5, 0.6) is 0 Å². The van der Waals surface area contributed by atoms with E-state index in [4.69, 9.17) is 26.8 Å². The SMILES string of the molecule is NC(=O)N[C@@H](CC(=O)OCC(=O)Nc1ccc(S(=O)(=O)N2CCOCC2)cc1)c1ccc(Cl)cc1. The van der Waals surface area contributed by atoms with Gasteiger partial charge in [-0.15, -0.1) is 0 Å². The van der Waals surface area contributed by atoms with E-state index in [9.17, 15) is 22.8 Å². The fourth-order valence-electron chi connectivity index (χ4n) is 3.33. The molecule has 0 bridgehead atoms. The van der Waals surface area contributed by atoms with E-state index in [1.54, 1.807) is 24.3 Å². The van der Waals surface area contributed by atoms with Crippen LogP contribution in [0, 0.1) is 0 Å². The molecule has 35 heavy (non-hydrogen) atoms. The molecule has 0 radical (unpaired) electrons. The van der Waals surface area contributed by atoms with Gasteiger partial charge in [0.15, 0.2) is 6.61 Å². The van der Waals surface area contributed by atoms with Crippen molar-refractivity contribution in [1.29, 1.82) is 0 Å². The molecule has 0 spiro atoms. The fraction of sp³-hybridized carbons (Fsp3) is 0.318. The summed E-state index contributed by atoms with van der Waals surface area (Å²) in [4.78, 5) is 35.8. The predicted octanol–water partition coefficient (Wildman–Crippen LogP) is 1.64. The number of nitrogens with one attached hydrogen (secondary N) is 2. The number of urea groups is 1. The Morgan fingerprint density at radius 3 is 2.29 bits per heavy atom. The van der Waals surface area contributed by atoms with Gasteiger partial charge in [0.1, 0.15) is 0 Å². The number of morpholine rings is 1. The first kappa shape index (κ1) is 26.4. The van der Waals surface area contributed by atoms with Crippen LogP contribution in [0.3, 0.4) is 0 Å². The topological polar surface area (TPSA) is 157 Å². The Kier molecular flexibility index (Phi) is 9.04. The Bertz CT molecular complexity index is 1150. The minimum atomic E-state index is -3.65. The second-order valence-electron chi connectivity index (χ2n) is 7.57. The van der Waals surface area contributed by atoms with Gasteiger partial charge in [0.2, 0.25) is 10.0 Å². The van der Waals surface area contributed by atoms with Gasteiger partial charge in [-0.1, -0.05) is 23.7 Å². The summed E-state index contributed by atoms with van der Waals surface area (Å²) in [7, 11) is -3.65. The number of hydrogen-bond acceptors (Lipinski definition) is 7. The van der Waals surface area contributed by atoms with Crippen LogP contribution in [-0.2, 0) is 29.1 Å². The quantitative estimate of drug-likeness (QED) is 0.421. The molecule has 188 valence electrons. The number of esters is 1. The minimum absolute atomic E-state index is 0.0963. The van der Waals surface area contributed by atoms with E-state index in [-0.39, 0.29) is 24.4 Å². The summed E-state index contributed by atoms with van der Waals surface area (Å²) in [5.41, 5.74) is 6.11. The van der Waals surface area contributed by atoms with E-state index in [0.29, 0.717) is 29.5 Å². The summed E-state index contributed by atoms with van der Waals surface area (Å²) >= 11 is 5.86. The third-order valence-electron chi connectivity index (χ3n) is 5.07. The molecule has 0 saturated carbocycles. The van der Waals surface area contributed by atoms with Crippen molar-refractivity contribution in [2.75, 3.05) is 38.2 Å². The van der Waals surface area contributed by atoms with Gasteiger partial charge in [-0.05, 0) is 42.0 Å². The summed E-state index contributed by atoms with van der Waals surface area (Å²) in [6.07, 6.45) is -0.258. The van der Waals surface area contributed by atoms with Gasteiger partial charge < -0.3 is 25.8 Å². The molecule has 3 amide bonds. The van der Waals surface area contributed by atoms with Crippen LogP contribution in [0.4, 0.5) is 10.5 Å². The van der Waals surface area contributed by atoms with E-state index in [2.05, 4.69) is 10.6 Å². The highest BCUT2D eigenvalue weighted by atomic mass is 35.5. The molecule has 1 saturated heterocycles. The zero-order valence-electron chi connectivity index (χ0n) is 18.6. The highest BCUT2D eigenvalue weighted by Gasteiger charge is 2.26. The van der Waals surface area contributed by atoms with Crippen LogP contribution in [0.25, 0.3) is 0 Å². The zero-order chi connectivity index (χ0) is 25.4. The minimum Gasteiger partial charge on any atom is -0.455 e. The molecule has 0 aromatic heterocycles. The summed E-state index contributed by atoms with van der Waals surface area (Å²) in [6.45, 7) is 0.660. The van der Waals surface area contributed by atoms with Crippen molar-refractivity contribution >= 4 is 45.2 Å². The Balaban J connectivity index is 1.52. The molecule has 1 aliphatic heterocycles. The van der Waals surface area contributed by atoms with E-state index < -0.39 is 40.6 Å². The number of nitrogens with zero attached hydrogens (tertiary/aromatic N) is 1. The standard InChI is InChI=1S/C22H25ClN4O7S/c23-16-3-1-15(2-4-16)19(26-22(24)30)13-21(29)34-14-20(28)25-17-5-7-18(8-6-17)35(31,32)27-9-11-33-12-10-27/h1-8,19H,9-14H2,(H,25,28)(H3,24,26,30)/t19-/m0/s1. The maximum absolute atomic E-state index is 12.7. The average Bonchev–Trinajstić information content (AvgIpc) is 2.83. The maximum atomic E-state index is 12.7. The van der Waals surface area contributed by atoms with E-state index in [0.717, 1.165) is 0 Å². The molecule has 2 aromatic carbocycles. The predicted molar refractivity (Wildman–Crippen MR) is 127 cm³/mol. The number of nitrogens with two attached hydrogens (primary N) is 1. The van der Waals surface area contributed by atoms with Crippen molar-refractivity contribution in [3.05, 3.63) is 59.1 Å². The lowest BCUT2D eigenvalue weighted by molar-refractivity contribution is -0.147. The number of halogens is 1. The third kappa shape index (κ3) is 7.65. The molecule has 0 aliphatic carbocycles. The van der Waals surface area contributed by atoms with Crippen LogP contribution in [0.1, 0.15) is 18.0 Å². The normalized spacial score (nSPS) is 15.1. The van der Waals surface area contributed by atoms with Crippen molar-refractivity contribution < 1.29 is 32.3 Å². The molecule has 3 rings (SSSR count). The van der Waals surface area contributed by atoms with E-state index >= 15 is 0 Å². The van der Waals surface area contributed by atoms with Gasteiger partial charge in [-0.2, -0.15) is 4.31 Å². The first-order chi connectivity index (χ1) is 16.6. The second-order valence-corrected chi connectivity index (χ2v) is 9.94. The number of ether oxygens (including phenoxy) is 2. The molecule has 4 N–H and O–H groups in total. The largest absolute Gasteiger partial charge is 0.455 e. The average molecular weight is 525 g/mol. The fourth-order valence-corrected chi connectivity index (χ4v) is 4.87. The van der Waals surface area contributed by atoms with Crippen LogP contribution < -0.4 is 16.4 Å².